The number of aryl methyl sites for hydroxylation is 1. The van der Waals surface area contributed by atoms with Crippen LogP contribution in [0, 0.1) is 17.8 Å². The van der Waals surface area contributed by atoms with Crippen molar-refractivity contribution in [1.82, 2.24) is 9.62 Å². The molecule has 0 aromatic heterocycles. The molecule has 2 aromatic rings. The SMILES string of the molecule is C[C@@H]1[C@@H](C)C/C=C\[C@@](O)(CC(=O)N2CC(F)(F)C2)[C@@H]2CC[C@H]2CN2CCCCc3cc(Cl)ccc3COc3ccc(cc32)C(=O)NS1(=O)=O. The smallest absolute Gasteiger partial charge is 0.282 e. The van der Waals surface area contributed by atoms with Gasteiger partial charge in [0.05, 0.1) is 36.0 Å². The molecule has 2 fully saturated rings. The van der Waals surface area contributed by atoms with Crippen molar-refractivity contribution < 1.29 is 36.6 Å². The maximum atomic E-state index is 13.7. The molecular formula is C36H44ClF2N3O6S. The van der Waals surface area contributed by atoms with Gasteiger partial charge in [-0.2, -0.15) is 0 Å². The summed E-state index contributed by atoms with van der Waals surface area (Å²) in [5, 5.41) is 11.9. The molecule has 49 heavy (non-hydrogen) atoms. The Morgan fingerprint density at radius 2 is 1.88 bits per heavy atom. The van der Waals surface area contributed by atoms with Gasteiger partial charge in [-0.05, 0) is 105 Å². The van der Waals surface area contributed by atoms with E-state index in [2.05, 4.69) is 9.62 Å². The van der Waals surface area contributed by atoms with E-state index in [9.17, 15) is 31.9 Å². The van der Waals surface area contributed by atoms with Gasteiger partial charge in [0.15, 0.2) is 0 Å². The molecule has 13 heteroatoms. The second-order valence-corrected chi connectivity index (χ2v) is 16.8. The minimum absolute atomic E-state index is 0.0589. The minimum atomic E-state index is -4.09. The largest absolute Gasteiger partial charge is 0.487 e. The van der Waals surface area contributed by atoms with Gasteiger partial charge in [0.1, 0.15) is 12.4 Å². The van der Waals surface area contributed by atoms with Crippen molar-refractivity contribution in [2.45, 2.75) is 82.2 Å². The lowest BCUT2D eigenvalue weighted by atomic mass is 9.63. The Morgan fingerprint density at radius 1 is 1.10 bits per heavy atom. The summed E-state index contributed by atoms with van der Waals surface area (Å²) in [4.78, 5) is 29.8. The van der Waals surface area contributed by atoms with Crippen molar-refractivity contribution in [3.63, 3.8) is 0 Å². The second-order valence-electron chi connectivity index (χ2n) is 14.3. The van der Waals surface area contributed by atoms with Crippen LogP contribution in [0.5, 0.6) is 5.75 Å². The third-order valence-corrected chi connectivity index (χ3v) is 13.0. The molecule has 266 valence electrons. The van der Waals surface area contributed by atoms with Gasteiger partial charge in [0, 0.05) is 23.7 Å². The topological polar surface area (TPSA) is 116 Å². The van der Waals surface area contributed by atoms with Gasteiger partial charge in [-0.1, -0.05) is 36.7 Å². The number of nitrogens with one attached hydrogen (secondary N) is 1. The van der Waals surface area contributed by atoms with Crippen molar-refractivity contribution in [3.05, 3.63) is 70.3 Å². The van der Waals surface area contributed by atoms with Crippen LogP contribution in [0.25, 0.3) is 0 Å². The summed E-state index contributed by atoms with van der Waals surface area (Å²) in [7, 11) is -4.09. The van der Waals surface area contributed by atoms with Gasteiger partial charge in [-0.3, -0.25) is 9.59 Å². The molecule has 3 heterocycles. The lowest BCUT2D eigenvalue weighted by Crippen LogP contribution is -2.60. The standard InChI is InChI=1S/C36H44ClF2N3O6S/c1-23-6-5-14-35(45,18-33(43)42-21-36(38,39)22-42)30-12-9-27(30)19-41-15-4-3-7-25-16-29(37)11-8-28(25)20-48-32-13-10-26(17-31(32)41)34(44)40-49(46,47)24(23)2/h5,8,10-11,13-14,16-17,23-24,27,30,45H,3-4,6-7,9,12,15,18-22H2,1-2H3,(H,40,44)/b14-5-/t23-,24+,27-,30+,35+/m0/s1. The predicted octanol–water partition coefficient (Wildman–Crippen LogP) is 5.73. The molecule has 2 bridgehead atoms. The first kappa shape index (κ1) is 35.6. The molecule has 0 spiro atoms. The minimum Gasteiger partial charge on any atom is -0.487 e. The number of benzene rings is 2. The summed E-state index contributed by atoms with van der Waals surface area (Å²) < 4.78 is 62.7. The highest BCUT2D eigenvalue weighted by Crippen LogP contribution is 2.47. The Balaban J connectivity index is 1.38. The monoisotopic (exact) mass is 719 g/mol. The van der Waals surface area contributed by atoms with E-state index >= 15 is 0 Å². The highest BCUT2D eigenvalue weighted by atomic mass is 35.5. The number of hydrogen-bond acceptors (Lipinski definition) is 7. The molecule has 9 nitrogen and oxygen atoms in total. The van der Waals surface area contributed by atoms with Gasteiger partial charge in [0.25, 0.3) is 11.8 Å². The Hall–Kier alpha value is -3.22. The van der Waals surface area contributed by atoms with E-state index in [0.717, 1.165) is 41.7 Å². The van der Waals surface area contributed by atoms with Crippen LogP contribution in [0.4, 0.5) is 14.5 Å². The number of carbonyl (C=O) groups excluding carboxylic acids is 2. The molecule has 1 saturated carbocycles. The summed E-state index contributed by atoms with van der Waals surface area (Å²) in [6.07, 6.45) is 7.00. The number of allylic oxidation sites excluding steroid dienone is 1. The first-order valence-electron chi connectivity index (χ1n) is 17.0. The molecule has 0 unspecified atom stereocenters. The van der Waals surface area contributed by atoms with Crippen molar-refractivity contribution in [3.8, 4) is 5.75 Å². The summed E-state index contributed by atoms with van der Waals surface area (Å²) in [5.74, 6) is -4.53. The average Bonchev–Trinajstić information content (AvgIpc) is 3.03. The van der Waals surface area contributed by atoms with Crippen molar-refractivity contribution in [1.29, 1.82) is 0 Å². The van der Waals surface area contributed by atoms with Crippen LogP contribution in [-0.4, -0.2) is 73.2 Å². The van der Waals surface area contributed by atoms with E-state index in [4.69, 9.17) is 16.3 Å². The molecule has 4 aliphatic rings. The number of aliphatic hydroxyl groups is 1. The Morgan fingerprint density at radius 3 is 2.59 bits per heavy atom. The summed E-state index contributed by atoms with van der Waals surface area (Å²) in [6.45, 7) is 3.25. The number of anilines is 1. The van der Waals surface area contributed by atoms with Gasteiger partial charge in [-0.25, -0.2) is 21.9 Å². The van der Waals surface area contributed by atoms with Gasteiger partial charge < -0.3 is 19.6 Å². The number of amides is 2. The molecule has 0 radical (unpaired) electrons. The van der Waals surface area contributed by atoms with Crippen LogP contribution >= 0.6 is 11.6 Å². The lowest BCUT2D eigenvalue weighted by Gasteiger charge is -2.49. The molecule has 2 N–H and O–H groups in total. The zero-order valence-electron chi connectivity index (χ0n) is 27.8. The Kier molecular flexibility index (Phi) is 10.0. The Bertz CT molecular complexity index is 1730. The van der Waals surface area contributed by atoms with E-state index < -0.39 is 57.6 Å². The summed E-state index contributed by atoms with van der Waals surface area (Å²) in [5.41, 5.74) is 1.27. The van der Waals surface area contributed by atoms with Crippen molar-refractivity contribution in [2.24, 2.45) is 17.8 Å². The number of alkyl halides is 2. The molecule has 2 aromatic carbocycles. The number of fused-ring (bicyclic) bond motifs is 3. The third-order valence-electron chi connectivity index (χ3n) is 10.8. The molecule has 1 aliphatic carbocycles. The zero-order valence-corrected chi connectivity index (χ0v) is 29.4. The number of halogens is 3. The average molecular weight is 720 g/mol. The zero-order chi connectivity index (χ0) is 35.1. The summed E-state index contributed by atoms with van der Waals surface area (Å²) in [6, 6.07) is 10.6. The quantitative estimate of drug-likeness (QED) is 0.381. The molecular weight excluding hydrogens is 676 g/mol. The maximum Gasteiger partial charge on any atom is 0.282 e. The number of rotatable bonds is 2. The highest BCUT2D eigenvalue weighted by Gasteiger charge is 2.51. The van der Waals surface area contributed by atoms with Crippen LogP contribution in [0.1, 0.15) is 73.9 Å². The highest BCUT2D eigenvalue weighted by molar-refractivity contribution is 7.90. The predicted molar refractivity (Wildman–Crippen MR) is 183 cm³/mol. The molecule has 3 aliphatic heterocycles. The number of sulfonamides is 1. The van der Waals surface area contributed by atoms with E-state index in [1.54, 1.807) is 37.3 Å². The number of ether oxygens (including phenoxy) is 1. The molecule has 2 amide bonds. The Labute approximate surface area is 291 Å². The number of likely N-dealkylation sites (tertiary alicyclic amines) is 1. The number of hydrogen-bond donors (Lipinski definition) is 2. The fourth-order valence-corrected chi connectivity index (χ4v) is 8.91. The number of nitrogens with zero attached hydrogens (tertiary/aromatic N) is 2. The van der Waals surface area contributed by atoms with Crippen LogP contribution < -0.4 is 14.4 Å². The second kappa shape index (κ2) is 13.8. The van der Waals surface area contributed by atoms with Gasteiger partial charge >= 0.3 is 0 Å². The first-order valence-corrected chi connectivity index (χ1v) is 19.0. The van der Waals surface area contributed by atoms with Crippen LogP contribution in [0.15, 0.2) is 48.6 Å². The van der Waals surface area contributed by atoms with E-state index in [0.29, 0.717) is 36.0 Å². The maximum absolute atomic E-state index is 13.7. The molecule has 1 saturated heterocycles. The lowest BCUT2D eigenvalue weighted by molar-refractivity contribution is -0.171. The van der Waals surface area contributed by atoms with Gasteiger partial charge in [0.2, 0.25) is 15.9 Å². The van der Waals surface area contributed by atoms with Crippen LogP contribution in [-0.2, 0) is 27.8 Å². The molecule has 6 rings (SSSR count). The third kappa shape index (κ3) is 7.76. The van der Waals surface area contributed by atoms with E-state index in [-0.39, 0.29) is 36.8 Å². The van der Waals surface area contributed by atoms with Crippen LogP contribution in [0.3, 0.4) is 0 Å². The summed E-state index contributed by atoms with van der Waals surface area (Å²) >= 11 is 6.32. The van der Waals surface area contributed by atoms with Crippen LogP contribution in [0.2, 0.25) is 5.02 Å². The number of carbonyl (C=O) groups is 2. The van der Waals surface area contributed by atoms with Crippen molar-refractivity contribution >= 4 is 39.1 Å². The van der Waals surface area contributed by atoms with Gasteiger partial charge in [-0.15, -0.1) is 0 Å². The van der Waals surface area contributed by atoms with Crippen molar-refractivity contribution in [2.75, 3.05) is 31.1 Å². The fourth-order valence-electron chi connectivity index (χ4n) is 7.43. The first-order chi connectivity index (χ1) is 23.1. The van der Waals surface area contributed by atoms with E-state index in [1.165, 1.54) is 6.92 Å². The fraction of sp³-hybridized carbons (Fsp3) is 0.556. The van der Waals surface area contributed by atoms with E-state index in [1.807, 2.05) is 18.2 Å². The molecule has 5 atom stereocenters. The normalized spacial score (nSPS) is 30.5.